The van der Waals surface area contributed by atoms with E-state index in [-0.39, 0.29) is 41.8 Å². The molecule has 0 saturated carbocycles. The summed E-state index contributed by atoms with van der Waals surface area (Å²) in [6.07, 6.45) is 2.42. The van der Waals surface area contributed by atoms with Gasteiger partial charge >= 0.3 is 0 Å². The molecule has 2 aliphatic heterocycles. The summed E-state index contributed by atoms with van der Waals surface area (Å²) < 4.78 is 1.82. The zero-order chi connectivity index (χ0) is 19.8. The highest BCUT2D eigenvalue weighted by Crippen LogP contribution is 2.40. The summed E-state index contributed by atoms with van der Waals surface area (Å²) in [4.78, 5) is 45.5. The van der Waals surface area contributed by atoms with Crippen LogP contribution in [0.4, 0.5) is 0 Å². The van der Waals surface area contributed by atoms with E-state index < -0.39 is 0 Å². The number of primary amides is 1. The number of nitrogens with zero attached hydrogens (tertiary/aromatic N) is 3. The predicted molar refractivity (Wildman–Crippen MR) is 102 cm³/mol. The number of aromatic amines is 1. The Kier molecular flexibility index (Phi) is 4.76. The van der Waals surface area contributed by atoms with Gasteiger partial charge in [0.2, 0.25) is 5.91 Å². The highest BCUT2D eigenvalue weighted by Gasteiger charge is 2.40. The third-order valence-corrected chi connectivity index (χ3v) is 5.67. The van der Waals surface area contributed by atoms with Gasteiger partial charge in [-0.3, -0.25) is 19.3 Å². The molecule has 1 fully saturated rings. The Bertz CT molecular complexity index is 965. The van der Waals surface area contributed by atoms with Crippen molar-refractivity contribution in [3.63, 3.8) is 0 Å². The number of H-pyrrole nitrogens is 1. The number of imidazole rings is 1. The first-order chi connectivity index (χ1) is 13.4. The van der Waals surface area contributed by atoms with Gasteiger partial charge in [0.05, 0.1) is 18.8 Å². The lowest BCUT2D eigenvalue weighted by Gasteiger charge is -2.46. The van der Waals surface area contributed by atoms with E-state index >= 15 is 0 Å². The largest absolute Gasteiger partial charge is 0.369 e. The molecule has 2 aromatic heterocycles. The van der Waals surface area contributed by atoms with E-state index in [1.807, 2.05) is 10.6 Å². The lowest BCUT2D eigenvalue weighted by Crippen LogP contribution is -2.53. The summed E-state index contributed by atoms with van der Waals surface area (Å²) in [5.74, 6) is 0.383. The van der Waals surface area contributed by atoms with Crippen LogP contribution in [-0.2, 0) is 4.79 Å². The topological polar surface area (TPSA) is 126 Å². The van der Waals surface area contributed by atoms with E-state index in [1.165, 1.54) is 6.20 Å². The van der Waals surface area contributed by atoms with Crippen molar-refractivity contribution in [2.24, 2.45) is 11.7 Å². The van der Waals surface area contributed by atoms with Crippen LogP contribution in [0.25, 0.3) is 0 Å². The van der Waals surface area contributed by atoms with E-state index in [0.29, 0.717) is 31.2 Å². The zero-order valence-electron chi connectivity index (χ0n) is 15.7. The molecule has 2 bridgehead atoms. The molecule has 148 valence electrons. The van der Waals surface area contributed by atoms with Gasteiger partial charge < -0.3 is 20.6 Å². The van der Waals surface area contributed by atoms with Gasteiger partial charge in [-0.2, -0.15) is 0 Å². The quantitative estimate of drug-likeness (QED) is 0.656. The van der Waals surface area contributed by atoms with E-state index in [2.05, 4.69) is 20.2 Å². The highest BCUT2D eigenvalue weighted by atomic mass is 16.2. The number of likely N-dealkylation sites (tertiary alicyclic amines) is 1. The first kappa shape index (κ1) is 18.4. The average Bonchev–Trinajstić information content (AvgIpc) is 3.08. The molecule has 0 radical (unpaired) electrons. The van der Waals surface area contributed by atoms with Crippen LogP contribution >= 0.6 is 0 Å². The molecule has 0 unspecified atom stereocenters. The Morgan fingerprint density at radius 2 is 2.18 bits per heavy atom. The van der Waals surface area contributed by atoms with Crippen molar-refractivity contribution in [3.05, 3.63) is 52.0 Å². The van der Waals surface area contributed by atoms with Crippen LogP contribution in [0.15, 0.2) is 29.2 Å². The van der Waals surface area contributed by atoms with E-state index in [1.54, 1.807) is 19.1 Å². The van der Waals surface area contributed by atoms with Crippen LogP contribution in [0.1, 0.15) is 40.4 Å². The first-order valence-electron chi connectivity index (χ1n) is 9.44. The Balaban J connectivity index is 1.59. The van der Waals surface area contributed by atoms with Crippen LogP contribution in [0.3, 0.4) is 0 Å². The average molecular weight is 384 g/mol. The molecule has 2 aliphatic rings. The second-order valence-corrected chi connectivity index (χ2v) is 7.67. The molecular formula is C19H24N6O3. The van der Waals surface area contributed by atoms with Crippen LogP contribution in [-0.4, -0.2) is 57.4 Å². The molecular weight excluding hydrogens is 360 g/mol. The fraction of sp³-hybridized carbons (Fsp3) is 0.474. The van der Waals surface area contributed by atoms with E-state index in [4.69, 9.17) is 5.73 Å². The number of hydrogen-bond acceptors (Lipinski definition) is 5. The molecule has 2 aromatic rings. The number of aryl methyl sites for hydroxylation is 1. The molecule has 1 saturated heterocycles. The number of nitrogens with one attached hydrogen (secondary N) is 2. The van der Waals surface area contributed by atoms with Crippen molar-refractivity contribution >= 4 is 11.8 Å². The number of rotatable bonds is 5. The Hall–Kier alpha value is -2.94. The van der Waals surface area contributed by atoms with E-state index in [0.717, 1.165) is 12.1 Å². The van der Waals surface area contributed by atoms with Crippen molar-refractivity contribution in [2.45, 2.75) is 25.3 Å². The van der Waals surface area contributed by atoms with Gasteiger partial charge in [-0.25, -0.2) is 4.98 Å². The van der Waals surface area contributed by atoms with Gasteiger partial charge in [0, 0.05) is 37.3 Å². The maximum Gasteiger partial charge on any atom is 0.269 e. The summed E-state index contributed by atoms with van der Waals surface area (Å²) in [5, 5.41) is 2.93. The van der Waals surface area contributed by atoms with Crippen molar-refractivity contribution in [1.82, 2.24) is 24.8 Å². The molecule has 0 aliphatic carbocycles. The first-order valence-corrected chi connectivity index (χ1v) is 9.44. The number of nitrogens with two attached hydrogens (primary N) is 1. The molecule has 4 heterocycles. The summed E-state index contributed by atoms with van der Waals surface area (Å²) in [6, 6.07) is 5.11. The monoisotopic (exact) mass is 384 g/mol. The van der Waals surface area contributed by atoms with Gasteiger partial charge in [0.25, 0.3) is 11.5 Å². The van der Waals surface area contributed by atoms with Crippen molar-refractivity contribution in [3.8, 4) is 0 Å². The number of carbonyl (C=O) groups is 2. The third-order valence-electron chi connectivity index (χ3n) is 5.67. The fourth-order valence-corrected chi connectivity index (χ4v) is 4.58. The Morgan fingerprint density at radius 3 is 2.89 bits per heavy atom. The molecule has 0 aromatic carbocycles. The number of amides is 2. The van der Waals surface area contributed by atoms with Crippen molar-refractivity contribution < 1.29 is 9.59 Å². The van der Waals surface area contributed by atoms with Crippen LogP contribution < -0.4 is 16.6 Å². The predicted octanol–water partition coefficient (Wildman–Crippen LogP) is -0.245. The molecule has 9 heteroatoms. The molecule has 2 amide bonds. The molecule has 9 nitrogen and oxygen atoms in total. The smallest absolute Gasteiger partial charge is 0.269 e. The Labute approximate surface area is 161 Å². The molecule has 0 spiro atoms. The highest BCUT2D eigenvalue weighted by molar-refractivity contribution is 5.92. The molecule has 3 atom stereocenters. The lowest BCUT2D eigenvalue weighted by molar-refractivity contribution is -0.119. The number of piperidine rings is 1. The number of fused-ring (bicyclic) bond motifs is 4. The summed E-state index contributed by atoms with van der Waals surface area (Å²) in [7, 11) is 0. The van der Waals surface area contributed by atoms with Gasteiger partial charge in [-0.1, -0.05) is 6.07 Å². The second kappa shape index (κ2) is 7.23. The third kappa shape index (κ3) is 3.45. The lowest BCUT2D eigenvalue weighted by atomic mass is 9.78. The molecule has 28 heavy (non-hydrogen) atoms. The van der Waals surface area contributed by atoms with E-state index in [9.17, 15) is 14.4 Å². The second-order valence-electron chi connectivity index (χ2n) is 7.67. The summed E-state index contributed by atoms with van der Waals surface area (Å²) >= 11 is 0. The maximum absolute atomic E-state index is 12.6. The minimum Gasteiger partial charge on any atom is -0.369 e. The standard InChI is InChI=1S/C19H24N6O3/c1-11-21-6-14(23-11)19(28)22-7-16-13-5-12(8-24(9-13)10-17(20)26)15-3-2-4-18(27)25(15)16/h2-4,6,12-13,16H,5,7-10H2,1H3,(H2,20,26)(H,21,23)(H,22,28)/t12-,13+,16+/m1/s1. The molecule has 4 N–H and O–H groups in total. The molecule has 4 rings (SSSR count). The number of hydrogen-bond donors (Lipinski definition) is 3. The number of pyridine rings is 1. The fourth-order valence-electron chi connectivity index (χ4n) is 4.58. The number of aromatic nitrogens is 3. The maximum atomic E-state index is 12.6. The van der Waals surface area contributed by atoms with Gasteiger partial charge in [-0.05, 0) is 25.3 Å². The minimum absolute atomic E-state index is 0.0628. The van der Waals surface area contributed by atoms with Crippen LogP contribution in [0, 0.1) is 12.8 Å². The Morgan fingerprint density at radius 1 is 1.36 bits per heavy atom. The van der Waals surface area contributed by atoms with Gasteiger partial charge in [-0.15, -0.1) is 0 Å². The van der Waals surface area contributed by atoms with Crippen LogP contribution in [0.5, 0.6) is 0 Å². The SMILES string of the molecule is Cc1ncc(C(=O)NC[C@H]2[C@H]3C[C@H](CN(CC(N)=O)C3)c3cccc(=O)n32)[nH]1. The minimum atomic E-state index is -0.357. The zero-order valence-corrected chi connectivity index (χ0v) is 15.7. The van der Waals surface area contributed by atoms with Gasteiger partial charge in [0.15, 0.2) is 0 Å². The van der Waals surface area contributed by atoms with Crippen molar-refractivity contribution in [1.29, 1.82) is 0 Å². The normalized spacial score (nSPS) is 23.8. The summed E-state index contributed by atoms with van der Waals surface area (Å²) in [6.45, 7) is 3.69. The number of carbonyl (C=O) groups excluding carboxylic acids is 2. The van der Waals surface area contributed by atoms with Crippen molar-refractivity contribution in [2.75, 3.05) is 26.2 Å². The summed E-state index contributed by atoms with van der Waals surface area (Å²) in [5.41, 5.74) is 6.67. The van der Waals surface area contributed by atoms with Gasteiger partial charge in [0.1, 0.15) is 11.5 Å². The van der Waals surface area contributed by atoms with Crippen LogP contribution in [0.2, 0.25) is 0 Å².